The number of benzene rings is 1. The van der Waals surface area contributed by atoms with Crippen LogP contribution in [-0.4, -0.2) is 9.91 Å². The molecule has 0 N–H and O–H groups in total. The molecule has 4 nitrogen and oxygen atoms in total. The largest absolute Gasteiger partial charge is 0.287 e. The molecule has 0 unspecified atom stereocenters. The van der Waals surface area contributed by atoms with Crippen molar-refractivity contribution in [3.05, 3.63) is 57.8 Å². The average Bonchev–Trinajstić information content (AvgIpc) is 2.37. The fraction of sp³-hybridized carbons (Fsp3) is 0.312. The van der Waals surface area contributed by atoms with Gasteiger partial charge in [0.25, 0.3) is 5.69 Å². The minimum atomic E-state index is -0.424. The molecule has 0 aliphatic rings. The van der Waals surface area contributed by atoms with E-state index in [1.807, 2.05) is 19.1 Å². The third-order valence-electron chi connectivity index (χ3n) is 3.30. The summed E-state index contributed by atoms with van der Waals surface area (Å²) in [5.41, 5.74) is 3.96. The number of pyridine rings is 1. The summed E-state index contributed by atoms with van der Waals surface area (Å²) in [6, 6.07) is 9.75. The van der Waals surface area contributed by atoms with Gasteiger partial charge in [-0.3, -0.25) is 10.1 Å². The van der Waals surface area contributed by atoms with Crippen LogP contribution in [0.4, 0.5) is 5.69 Å². The van der Waals surface area contributed by atoms with Gasteiger partial charge >= 0.3 is 0 Å². The quantitative estimate of drug-likeness (QED) is 0.605. The molecule has 0 aliphatic heterocycles. The maximum Gasteiger partial charge on any atom is 0.287 e. The van der Waals surface area contributed by atoms with Crippen molar-refractivity contribution in [3.8, 4) is 11.3 Å². The predicted molar refractivity (Wildman–Crippen MR) is 79.8 cm³/mol. The lowest BCUT2D eigenvalue weighted by Gasteiger charge is -2.19. The van der Waals surface area contributed by atoms with Crippen molar-refractivity contribution in [2.45, 2.75) is 33.1 Å². The van der Waals surface area contributed by atoms with Gasteiger partial charge in [0.2, 0.25) is 0 Å². The van der Waals surface area contributed by atoms with E-state index < -0.39 is 4.92 Å². The lowest BCUT2D eigenvalue weighted by molar-refractivity contribution is -0.385. The van der Waals surface area contributed by atoms with E-state index in [2.05, 4.69) is 37.9 Å². The second-order valence-electron chi connectivity index (χ2n) is 5.94. The van der Waals surface area contributed by atoms with Gasteiger partial charge < -0.3 is 0 Å². The molecule has 0 amide bonds. The Morgan fingerprint density at radius 2 is 1.75 bits per heavy atom. The Kier molecular flexibility index (Phi) is 3.57. The van der Waals surface area contributed by atoms with Crippen molar-refractivity contribution in [3.63, 3.8) is 0 Å². The van der Waals surface area contributed by atoms with Gasteiger partial charge in [-0.25, -0.2) is 4.98 Å². The van der Waals surface area contributed by atoms with Crippen LogP contribution in [-0.2, 0) is 5.41 Å². The fourth-order valence-corrected chi connectivity index (χ4v) is 2.09. The molecule has 0 aliphatic carbocycles. The van der Waals surface area contributed by atoms with E-state index in [9.17, 15) is 10.1 Å². The van der Waals surface area contributed by atoms with Crippen LogP contribution in [0.1, 0.15) is 31.9 Å². The summed E-state index contributed by atoms with van der Waals surface area (Å²) in [6.07, 6.45) is 1.31. The molecule has 0 fully saturated rings. The summed E-state index contributed by atoms with van der Waals surface area (Å²) >= 11 is 0. The zero-order chi connectivity index (χ0) is 14.9. The van der Waals surface area contributed by atoms with Crippen LogP contribution in [0.5, 0.6) is 0 Å². The molecular weight excluding hydrogens is 252 g/mol. The number of nitrogens with zero attached hydrogens (tertiary/aromatic N) is 2. The van der Waals surface area contributed by atoms with Crippen molar-refractivity contribution >= 4 is 5.69 Å². The van der Waals surface area contributed by atoms with E-state index in [4.69, 9.17) is 0 Å². The number of hydrogen-bond donors (Lipinski definition) is 0. The average molecular weight is 270 g/mol. The molecule has 20 heavy (non-hydrogen) atoms. The lowest BCUT2D eigenvalue weighted by atomic mass is 9.86. The number of aromatic nitrogens is 1. The summed E-state index contributed by atoms with van der Waals surface area (Å²) in [4.78, 5) is 14.5. The molecule has 0 bridgehead atoms. The molecule has 104 valence electrons. The normalized spacial score (nSPS) is 11.4. The molecule has 0 saturated heterocycles. The van der Waals surface area contributed by atoms with Crippen LogP contribution in [0.3, 0.4) is 0 Å². The minimum Gasteiger partial charge on any atom is -0.258 e. The van der Waals surface area contributed by atoms with Crippen LogP contribution in [0.15, 0.2) is 36.5 Å². The van der Waals surface area contributed by atoms with Gasteiger partial charge in [-0.2, -0.15) is 0 Å². The highest BCUT2D eigenvalue weighted by Gasteiger charge is 2.14. The zero-order valence-corrected chi connectivity index (χ0v) is 12.2. The highest BCUT2D eigenvalue weighted by Crippen LogP contribution is 2.27. The second-order valence-corrected chi connectivity index (χ2v) is 5.94. The number of rotatable bonds is 2. The molecule has 0 saturated carbocycles. The Morgan fingerprint density at radius 3 is 2.20 bits per heavy atom. The Morgan fingerprint density at radius 1 is 1.15 bits per heavy atom. The van der Waals surface area contributed by atoms with E-state index in [0.717, 1.165) is 16.8 Å². The first kappa shape index (κ1) is 14.2. The summed E-state index contributed by atoms with van der Waals surface area (Å²) < 4.78 is 0. The molecule has 2 aromatic rings. The van der Waals surface area contributed by atoms with Crippen molar-refractivity contribution in [2.75, 3.05) is 0 Å². The predicted octanol–water partition coefficient (Wildman–Crippen LogP) is 4.26. The topological polar surface area (TPSA) is 56.0 Å². The maximum atomic E-state index is 10.7. The monoisotopic (exact) mass is 270 g/mol. The molecule has 2 rings (SSSR count). The number of hydrogen-bond acceptors (Lipinski definition) is 3. The van der Waals surface area contributed by atoms with E-state index in [1.54, 1.807) is 6.07 Å². The standard InChI is InChI=1S/C16H18N2O2/c1-11-9-14(18(19)20)10-17-15(11)12-5-7-13(8-6-12)16(2,3)4/h5-10H,1-4H3. The first-order valence-electron chi connectivity index (χ1n) is 6.51. The van der Waals surface area contributed by atoms with E-state index in [1.165, 1.54) is 11.8 Å². The van der Waals surface area contributed by atoms with Crippen molar-refractivity contribution in [2.24, 2.45) is 0 Å². The molecule has 1 aromatic carbocycles. The maximum absolute atomic E-state index is 10.7. The van der Waals surface area contributed by atoms with Gasteiger partial charge in [0.15, 0.2) is 0 Å². The Bertz CT molecular complexity index is 641. The van der Waals surface area contributed by atoms with Crippen LogP contribution in [0.25, 0.3) is 11.3 Å². The zero-order valence-electron chi connectivity index (χ0n) is 12.2. The first-order chi connectivity index (χ1) is 9.29. The minimum absolute atomic E-state index is 0.0255. The molecule has 0 atom stereocenters. The van der Waals surface area contributed by atoms with Gasteiger partial charge in [0, 0.05) is 11.6 Å². The highest BCUT2D eigenvalue weighted by atomic mass is 16.6. The van der Waals surface area contributed by atoms with Crippen LogP contribution >= 0.6 is 0 Å². The van der Waals surface area contributed by atoms with Crippen molar-refractivity contribution in [1.82, 2.24) is 4.98 Å². The SMILES string of the molecule is Cc1cc([N+](=O)[O-])cnc1-c1ccc(C(C)(C)C)cc1. The lowest BCUT2D eigenvalue weighted by Crippen LogP contribution is -2.10. The smallest absolute Gasteiger partial charge is 0.258 e. The second kappa shape index (κ2) is 5.04. The number of nitro groups is 1. The van der Waals surface area contributed by atoms with Crippen molar-refractivity contribution < 1.29 is 4.92 Å². The van der Waals surface area contributed by atoms with E-state index in [-0.39, 0.29) is 11.1 Å². The van der Waals surface area contributed by atoms with Gasteiger partial charge in [0.1, 0.15) is 6.20 Å². The van der Waals surface area contributed by atoms with Gasteiger partial charge in [-0.15, -0.1) is 0 Å². The molecule has 1 heterocycles. The molecule has 0 radical (unpaired) electrons. The molecule has 4 heteroatoms. The van der Waals surface area contributed by atoms with Gasteiger partial charge in [-0.1, -0.05) is 45.0 Å². The third kappa shape index (κ3) is 2.85. The molecular formula is C16H18N2O2. The van der Waals surface area contributed by atoms with Gasteiger partial charge in [-0.05, 0) is 23.5 Å². The Hall–Kier alpha value is -2.23. The fourth-order valence-electron chi connectivity index (χ4n) is 2.09. The third-order valence-corrected chi connectivity index (χ3v) is 3.30. The summed E-state index contributed by atoms with van der Waals surface area (Å²) in [7, 11) is 0. The van der Waals surface area contributed by atoms with E-state index in [0.29, 0.717) is 0 Å². The number of aryl methyl sites for hydroxylation is 1. The molecule has 0 spiro atoms. The summed E-state index contributed by atoms with van der Waals surface area (Å²) in [6.45, 7) is 8.33. The Balaban J connectivity index is 2.40. The summed E-state index contributed by atoms with van der Waals surface area (Å²) in [5.74, 6) is 0. The first-order valence-corrected chi connectivity index (χ1v) is 6.51. The van der Waals surface area contributed by atoms with Crippen LogP contribution in [0, 0.1) is 17.0 Å². The van der Waals surface area contributed by atoms with Crippen LogP contribution < -0.4 is 0 Å². The van der Waals surface area contributed by atoms with E-state index >= 15 is 0 Å². The van der Waals surface area contributed by atoms with Crippen molar-refractivity contribution in [1.29, 1.82) is 0 Å². The summed E-state index contributed by atoms with van der Waals surface area (Å²) in [5, 5.41) is 10.7. The van der Waals surface area contributed by atoms with Crippen LogP contribution in [0.2, 0.25) is 0 Å². The Labute approximate surface area is 118 Å². The highest BCUT2D eigenvalue weighted by molar-refractivity contribution is 5.64. The molecule has 1 aromatic heterocycles. The van der Waals surface area contributed by atoms with Gasteiger partial charge in [0.05, 0.1) is 10.6 Å².